The summed E-state index contributed by atoms with van der Waals surface area (Å²) in [6.45, 7) is 3.63. The second-order valence-corrected chi connectivity index (χ2v) is 6.44. The Hall–Kier alpha value is -2.50. The molecule has 0 radical (unpaired) electrons. The molecule has 3 rings (SSSR count). The Morgan fingerprint density at radius 1 is 1.29 bits per heavy atom. The van der Waals surface area contributed by atoms with Crippen molar-refractivity contribution in [3.63, 3.8) is 0 Å². The highest BCUT2D eigenvalue weighted by Crippen LogP contribution is 2.34. The summed E-state index contributed by atoms with van der Waals surface area (Å²) in [4.78, 5) is 27.1. The lowest BCUT2D eigenvalue weighted by Crippen LogP contribution is -2.36. The van der Waals surface area contributed by atoms with Crippen molar-refractivity contribution in [2.45, 2.75) is 45.2 Å². The lowest BCUT2D eigenvalue weighted by Gasteiger charge is -2.27. The first-order chi connectivity index (χ1) is 11.5. The molecule has 0 aliphatic heterocycles. The van der Waals surface area contributed by atoms with Crippen LogP contribution in [0.3, 0.4) is 0 Å². The number of hydrogen-bond donors (Lipinski definition) is 2. The van der Waals surface area contributed by atoms with E-state index in [1.807, 2.05) is 26.0 Å². The SMILES string of the molecule is COc1ccc2c(c1)[C@@H](Nc1cc(=O)n(C(C)C)c(=O)[nH]1)CCC2. The number of anilines is 1. The maximum Gasteiger partial charge on any atom is 0.330 e. The molecule has 0 spiro atoms. The molecule has 1 aromatic heterocycles. The van der Waals surface area contributed by atoms with Crippen LogP contribution in [-0.2, 0) is 6.42 Å². The Labute approximate surface area is 140 Å². The van der Waals surface area contributed by atoms with Gasteiger partial charge in [0.25, 0.3) is 5.56 Å². The first kappa shape index (κ1) is 16.4. The molecule has 0 fully saturated rings. The van der Waals surface area contributed by atoms with Crippen molar-refractivity contribution in [1.29, 1.82) is 0 Å². The molecule has 128 valence electrons. The van der Waals surface area contributed by atoms with Gasteiger partial charge in [-0.15, -0.1) is 0 Å². The Balaban J connectivity index is 1.94. The third kappa shape index (κ3) is 3.09. The number of nitrogens with zero attached hydrogens (tertiary/aromatic N) is 1. The van der Waals surface area contributed by atoms with Gasteiger partial charge in [-0.1, -0.05) is 6.07 Å². The summed E-state index contributed by atoms with van der Waals surface area (Å²) in [5.41, 5.74) is 1.76. The zero-order chi connectivity index (χ0) is 17.3. The van der Waals surface area contributed by atoms with E-state index in [0.717, 1.165) is 30.6 Å². The number of fused-ring (bicyclic) bond motifs is 1. The Bertz CT molecular complexity index is 820. The minimum Gasteiger partial charge on any atom is -0.497 e. The quantitative estimate of drug-likeness (QED) is 0.904. The van der Waals surface area contributed by atoms with Crippen LogP contribution in [0.1, 0.15) is 49.9 Å². The molecular weight excluding hydrogens is 306 g/mol. The summed E-state index contributed by atoms with van der Waals surface area (Å²) in [7, 11) is 1.65. The van der Waals surface area contributed by atoms with Gasteiger partial charge in [0.2, 0.25) is 0 Å². The largest absolute Gasteiger partial charge is 0.497 e. The average molecular weight is 329 g/mol. The van der Waals surface area contributed by atoms with Gasteiger partial charge in [0.15, 0.2) is 0 Å². The van der Waals surface area contributed by atoms with Gasteiger partial charge in [-0.25, -0.2) is 4.79 Å². The molecule has 0 unspecified atom stereocenters. The van der Waals surface area contributed by atoms with Crippen molar-refractivity contribution in [3.05, 3.63) is 56.2 Å². The summed E-state index contributed by atoms with van der Waals surface area (Å²) in [5.74, 6) is 1.27. The normalized spacial score (nSPS) is 16.8. The molecule has 6 heteroatoms. The Morgan fingerprint density at radius 3 is 2.75 bits per heavy atom. The molecule has 1 aromatic carbocycles. The average Bonchev–Trinajstić information content (AvgIpc) is 2.53. The highest BCUT2D eigenvalue weighted by atomic mass is 16.5. The van der Waals surface area contributed by atoms with E-state index in [1.165, 1.54) is 16.2 Å². The van der Waals surface area contributed by atoms with Crippen molar-refractivity contribution in [2.24, 2.45) is 0 Å². The van der Waals surface area contributed by atoms with Gasteiger partial charge in [0.05, 0.1) is 13.2 Å². The van der Waals surface area contributed by atoms with Crippen LogP contribution in [0, 0.1) is 0 Å². The van der Waals surface area contributed by atoms with Gasteiger partial charge >= 0.3 is 5.69 Å². The second kappa shape index (κ2) is 6.55. The van der Waals surface area contributed by atoms with Crippen LogP contribution in [0.5, 0.6) is 5.75 Å². The van der Waals surface area contributed by atoms with E-state index in [9.17, 15) is 9.59 Å². The van der Waals surface area contributed by atoms with Gasteiger partial charge in [-0.05, 0) is 56.4 Å². The topological polar surface area (TPSA) is 76.1 Å². The smallest absolute Gasteiger partial charge is 0.330 e. The number of benzene rings is 1. The number of ether oxygens (including phenoxy) is 1. The number of nitrogens with one attached hydrogen (secondary N) is 2. The van der Waals surface area contributed by atoms with Crippen LogP contribution in [-0.4, -0.2) is 16.7 Å². The molecule has 0 saturated carbocycles. The van der Waals surface area contributed by atoms with E-state index in [1.54, 1.807) is 7.11 Å². The maximum absolute atomic E-state index is 12.2. The van der Waals surface area contributed by atoms with Gasteiger partial charge in [0.1, 0.15) is 11.6 Å². The Kier molecular flexibility index (Phi) is 4.46. The Morgan fingerprint density at radius 2 is 2.08 bits per heavy atom. The van der Waals surface area contributed by atoms with Crippen LogP contribution in [0.15, 0.2) is 33.9 Å². The molecule has 1 atom stereocenters. The van der Waals surface area contributed by atoms with Gasteiger partial charge < -0.3 is 10.1 Å². The fourth-order valence-corrected chi connectivity index (χ4v) is 3.31. The monoisotopic (exact) mass is 329 g/mol. The van der Waals surface area contributed by atoms with E-state index in [-0.39, 0.29) is 23.3 Å². The fourth-order valence-electron chi connectivity index (χ4n) is 3.31. The van der Waals surface area contributed by atoms with Crippen molar-refractivity contribution in [2.75, 3.05) is 12.4 Å². The van der Waals surface area contributed by atoms with Crippen LogP contribution in [0.25, 0.3) is 0 Å². The third-order valence-electron chi connectivity index (χ3n) is 4.48. The van der Waals surface area contributed by atoms with Crippen LogP contribution >= 0.6 is 0 Å². The molecular formula is C18H23N3O3. The van der Waals surface area contributed by atoms with Crippen LogP contribution in [0.2, 0.25) is 0 Å². The summed E-state index contributed by atoms with van der Waals surface area (Å²) < 4.78 is 6.53. The van der Waals surface area contributed by atoms with Gasteiger partial charge in [0, 0.05) is 12.1 Å². The minimum absolute atomic E-state index is 0.0498. The highest BCUT2D eigenvalue weighted by Gasteiger charge is 2.21. The molecule has 0 bridgehead atoms. The molecule has 2 N–H and O–H groups in total. The molecule has 6 nitrogen and oxygen atoms in total. The number of hydrogen-bond acceptors (Lipinski definition) is 4. The number of aryl methyl sites for hydroxylation is 1. The fraction of sp³-hybridized carbons (Fsp3) is 0.444. The third-order valence-corrected chi connectivity index (χ3v) is 4.48. The summed E-state index contributed by atoms with van der Waals surface area (Å²) in [6.07, 6.45) is 3.03. The van der Waals surface area contributed by atoms with E-state index in [0.29, 0.717) is 5.82 Å². The van der Waals surface area contributed by atoms with Crippen molar-refractivity contribution < 1.29 is 4.74 Å². The van der Waals surface area contributed by atoms with Gasteiger partial charge in [-0.2, -0.15) is 0 Å². The summed E-state index contributed by atoms with van der Waals surface area (Å²) in [5, 5.41) is 3.31. The lowest BCUT2D eigenvalue weighted by atomic mass is 9.87. The number of H-pyrrole nitrogens is 1. The number of aromatic amines is 1. The summed E-state index contributed by atoms with van der Waals surface area (Å²) in [6, 6.07) is 7.41. The predicted octanol–water partition coefficient (Wildman–Crippen LogP) is 2.62. The first-order valence-corrected chi connectivity index (χ1v) is 8.29. The van der Waals surface area contributed by atoms with Crippen molar-refractivity contribution in [1.82, 2.24) is 9.55 Å². The molecule has 0 amide bonds. The minimum atomic E-state index is -0.387. The van der Waals surface area contributed by atoms with Crippen molar-refractivity contribution in [3.8, 4) is 5.75 Å². The van der Waals surface area contributed by atoms with E-state index < -0.39 is 0 Å². The molecule has 24 heavy (non-hydrogen) atoms. The predicted molar refractivity (Wildman–Crippen MR) is 94.0 cm³/mol. The zero-order valence-electron chi connectivity index (χ0n) is 14.3. The lowest BCUT2D eigenvalue weighted by molar-refractivity contribution is 0.413. The standard InChI is InChI=1S/C18H23N3O3/c1-11(2)21-17(22)10-16(20-18(21)23)19-15-6-4-5-12-7-8-13(24-3)9-14(12)15/h7-11,15,19H,4-6H2,1-3H3,(H,20,23)/t15-/m0/s1. The van der Waals surface area contributed by atoms with E-state index in [2.05, 4.69) is 16.4 Å². The number of rotatable bonds is 4. The molecule has 1 aliphatic carbocycles. The number of aromatic nitrogens is 2. The zero-order valence-corrected chi connectivity index (χ0v) is 14.3. The molecule has 1 heterocycles. The van der Waals surface area contributed by atoms with Crippen LogP contribution in [0.4, 0.5) is 5.82 Å². The summed E-state index contributed by atoms with van der Waals surface area (Å²) >= 11 is 0. The maximum atomic E-state index is 12.2. The van der Waals surface area contributed by atoms with Crippen molar-refractivity contribution >= 4 is 5.82 Å². The van der Waals surface area contributed by atoms with E-state index in [4.69, 9.17) is 4.74 Å². The van der Waals surface area contributed by atoms with Crippen LogP contribution < -0.4 is 21.3 Å². The van der Waals surface area contributed by atoms with Gasteiger partial charge in [-0.3, -0.25) is 14.3 Å². The van der Waals surface area contributed by atoms with E-state index >= 15 is 0 Å². The number of methoxy groups -OCH3 is 1. The molecule has 2 aromatic rings. The second-order valence-electron chi connectivity index (χ2n) is 6.44. The highest BCUT2D eigenvalue weighted by molar-refractivity contribution is 5.44. The first-order valence-electron chi connectivity index (χ1n) is 8.29. The molecule has 0 saturated heterocycles. The molecule has 1 aliphatic rings.